The summed E-state index contributed by atoms with van der Waals surface area (Å²) in [4.78, 5) is 13.6. The van der Waals surface area contributed by atoms with E-state index in [-0.39, 0.29) is 10.8 Å². The van der Waals surface area contributed by atoms with Gasteiger partial charge in [0.1, 0.15) is 0 Å². The van der Waals surface area contributed by atoms with Crippen LogP contribution in [0.4, 0.5) is 11.4 Å². The molecule has 1 N–H and O–H groups in total. The van der Waals surface area contributed by atoms with Gasteiger partial charge in [0, 0.05) is 45.0 Å². The van der Waals surface area contributed by atoms with Crippen LogP contribution in [0.3, 0.4) is 0 Å². The second-order valence-electron chi connectivity index (χ2n) is 6.79. The van der Waals surface area contributed by atoms with Crippen LogP contribution in [0.5, 0.6) is 0 Å². The summed E-state index contributed by atoms with van der Waals surface area (Å²) in [5.41, 5.74) is 2.68. The van der Waals surface area contributed by atoms with E-state index in [0.29, 0.717) is 12.2 Å². The molecule has 1 aliphatic heterocycles. The van der Waals surface area contributed by atoms with Gasteiger partial charge < -0.3 is 10.2 Å². The van der Waals surface area contributed by atoms with Crippen molar-refractivity contribution in [2.24, 2.45) is 0 Å². The Balaban J connectivity index is 1.79. The molecule has 1 amide bonds. The van der Waals surface area contributed by atoms with Gasteiger partial charge in [-0.2, -0.15) is 4.31 Å². The first-order valence-corrected chi connectivity index (χ1v) is 10.5. The Kier molecular flexibility index (Phi) is 5.82. The van der Waals surface area contributed by atoms with Crippen LogP contribution in [0.1, 0.15) is 25.3 Å². The summed E-state index contributed by atoms with van der Waals surface area (Å²) in [5.74, 6) is -0.193. The Morgan fingerprint density at radius 3 is 2.33 bits per heavy atom. The van der Waals surface area contributed by atoms with Crippen molar-refractivity contribution in [1.29, 1.82) is 0 Å². The van der Waals surface area contributed by atoms with Crippen LogP contribution in [0.2, 0.25) is 0 Å². The fourth-order valence-corrected chi connectivity index (χ4v) is 4.48. The maximum absolute atomic E-state index is 12.9. The number of sulfonamides is 1. The topological polar surface area (TPSA) is 69.7 Å². The normalized spacial score (nSPS) is 14.6. The lowest BCUT2D eigenvalue weighted by Crippen LogP contribution is -2.28. The van der Waals surface area contributed by atoms with Gasteiger partial charge >= 0.3 is 0 Å². The lowest BCUT2D eigenvalue weighted by atomic mass is 10.1. The second-order valence-corrected chi connectivity index (χ2v) is 8.83. The summed E-state index contributed by atoms with van der Waals surface area (Å²) in [7, 11) is -2.03. The van der Waals surface area contributed by atoms with Crippen molar-refractivity contribution in [3.8, 4) is 0 Å². The summed E-state index contributed by atoms with van der Waals surface area (Å²) >= 11 is 0. The molecule has 27 heavy (non-hydrogen) atoms. The number of benzene rings is 2. The van der Waals surface area contributed by atoms with Crippen molar-refractivity contribution in [3.63, 3.8) is 0 Å². The van der Waals surface area contributed by atoms with Crippen molar-refractivity contribution in [2.45, 2.75) is 31.2 Å². The highest BCUT2D eigenvalue weighted by atomic mass is 32.2. The Bertz CT molecular complexity index is 904. The summed E-state index contributed by atoms with van der Waals surface area (Å²) in [6.45, 7) is 3.74. The number of hydrogen-bond donors (Lipinski definition) is 1. The summed E-state index contributed by atoms with van der Waals surface area (Å²) in [5, 5.41) is 2.64. The van der Waals surface area contributed by atoms with E-state index in [2.05, 4.69) is 16.3 Å². The van der Waals surface area contributed by atoms with Crippen molar-refractivity contribution in [1.82, 2.24) is 4.31 Å². The Hall–Kier alpha value is -2.38. The minimum Gasteiger partial charge on any atom is -0.371 e. The smallest absolute Gasteiger partial charge is 0.243 e. The lowest BCUT2D eigenvalue weighted by molar-refractivity contribution is -0.114. The average Bonchev–Trinajstić information content (AvgIpc) is 3.16. The highest BCUT2D eigenvalue weighted by Crippen LogP contribution is 2.27. The number of anilines is 2. The van der Waals surface area contributed by atoms with E-state index in [9.17, 15) is 13.2 Å². The zero-order valence-corrected chi connectivity index (χ0v) is 16.5. The van der Waals surface area contributed by atoms with Crippen LogP contribution in [0, 0.1) is 0 Å². The molecule has 0 saturated carbocycles. The standard InChI is InChI=1S/C20H25N3O3S/c1-16(24)21-18-9-11-19(12-10-18)27(25,26)22(2)15-17-7-3-4-8-20(17)23-13-5-6-14-23/h3-4,7-12H,5-6,13-15H2,1-2H3,(H,21,24). The van der Waals surface area contributed by atoms with Crippen LogP contribution >= 0.6 is 0 Å². The molecule has 1 saturated heterocycles. The molecule has 0 bridgehead atoms. The second kappa shape index (κ2) is 8.10. The third-order valence-electron chi connectivity index (χ3n) is 4.71. The highest BCUT2D eigenvalue weighted by molar-refractivity contribution is 7.89. The van der Waals surface area contributed by atoms with E-state index in [1.54, 1.807) is 19.2 Å². The average molecular weight is 388 g/mol. The molecule has 0 atom stereocenters. The number of nitrogens with zero attached hydrogens (tertiary/aromatic N) is 2. The van der Waals surface area contributed by atoms with Crippen molar-refractivity contribution < 1.29 is 13.2 Å². The minimum absolute atomic E-state index is 0.193. The number of para-hydroxylation sites is 1. The predicted molar refractivity (Wildman–Crippen MR) is 107 cm³/mol. The molecule has 1 aliphatic rings. The molecule has 0 spiro atoms. The molecule has 3 rings (SSSR count). The van der Waals surface area contributed by atoms with E-state index < -0.39 is 10.0 Å². The third kappa shape index (κ3) is 4.48. The molecule has 2 aromatic rings. The third-order valence-corrected chi connectivity index (χ3v) is 6.53. The van der Waals surface area contributed by atoms with Gasteiger partial charge in [-0.25, -0.2) is 8.42 Å². The Morgan fingerprint density at radius 1 is 1.07 bits per heavy atom. The molecule has 0 unspecified atom stereocenters. The van der Waals surface area contributed by atoms with E-state index in [4.69, 9.17) is 0 Å². The van der Waals surface area contributed by atoms with Gasteiger partial charge in [-0.15, -0.1) is 0 Å². The number of hydrogen-bond acceptors (Lipinski definition) is 4. The fraction of sp³-hybridized carbons (Fsp3) is 0.350. The highest BCUT2D eigenvalue weighted by Gasteiger charge is 2.23. The number of nitrogens with one attached hydrogen (secondary N) is 1. The molecule has 1 fully saturated rings. The van der Waals surface area contributed by atoms with E-state index in [1.165, 1.54) is 36.2 Å². The summed E-state index contributed by atoms with van der Waals surface area (Å²) in [6, 6.07) is 14.2. The van der Waals surface area contributed by atoms with Gasteiger partial charge in [-0.1, -0.05) is 18.2 Å². The number of carbonyl (C=O) groups is 1. The van der Waals surface area contributed by atoms with Crippen LogP contribution in [-0.2, 0) is 21.4 Å². The van der Waals surface area contributed by atoms with Gasteiger partial charge in [0.25, 0.3) is 0 Å². The minimum atomic E-state index is -3.62. The maximum atomic E-state index is 12.9. The first-order valence-electron chi connectivity index (χ1n) is 9.05. The molecule has 6 nitrogen and oxygen atoms in total. The molecule has 0 aliphatic carbocycles. The SMILES string of the molecule is CC(=O)Nc1ccc(S(=O)(=O)N(C)Cc2ccccc2N2CCCC2)cc1. The molecule has 1 heterocycles. The predicted octanol–water partition coefficient (Wildman–Crippen LogP) is 3.07. The van der Waals surface area contributed by atoms with E-state index in [1.807, 2.05) is 18.2 Å². The molecule has 2 aromatic carbocycles. The zero-order valence-electron chi connectivity index (χ0n) is 15.7. The van der Waals surface area contributed by atoms with Crippen LogP contribution < -0.4 is 10.2 Å². The fourth-order valence-electron chi connectivity index (χ4n) is 3.33. The molecule has 7 heteroatoms. The molecular formula is C20H25N3O3S. The lowest BCUT2D eigenvalue weighted by Gasteiger charge is -2.24. The molecule has 144 valence electrons. The quantitative estimate of drug-likeness (QED) is 0.827. The number of carbonyl (C=O) groups excluding carboxylic acids is 1. The van der Waals surface area contributed by atoms with Gasteiger partial charge in [0.05, 0.1) is 4.90 Å². The summed E-state index contributed by atoms with van der Waals surface area (Å²) < 4.78 is 27.2. The van der Waals surface area contributed by atoms with Crippen molar-refractivity contribution >= 4 is 27.3 Å². The van der Waals surface area contributed by atoms with E-state index >= 15 is 0 Å². The summed E-state index contributed by atoms with van der Waals surface area (Å²) in [6.07, 6.45) is 2.34. The monoisotopic (exact) mass is 387 g/mol. The largest absolute Gasteiger partial charge is 0.371 e. The van der Waals surface area contributed by atoms with Crippen LogP contribution in [0.25, 0.3) is 0 Å². The van der Waals surface area contributed by atoms with Gasteiger partial charge in [-0.3, -0.25) is 4.79 Å². The van der Waals surface area contributed by atoms with Gasteiger partial charge in [0.2, 0.25) is 15.9 Å². The zero-order chi connectivity index (χ0) is 19.4. The van der Waals surface area contributed by atoms with Crippen LogP contribution in [0.15, 0.2) is 53.4 Å². The molecule has 0 aromatic heterocycles. The maximum Gasteiger partial charge on any atom is 0.243 e. The molecule has 0 radical (unpaired) electrons. The first kappa shape index (κ1) is 19.4. The van der Waals surface area contributed by atoms with Crippen molar-refractivity contribution in [2.75, 3.05) is 30.4 Å². The molecular weight excluding hydrogens is 362 g/mol. The number of amides is 1. The van der Waals surface area contributed by atoms with Gasteiger partial charge in [-0.05, 0) is 48.7 Å². The van der Waals surface area contributed by atoms with E-state index in [0.717, 1.165) is 24.3 Å². The Labute approximate surface area is 160 Å². The number of rotatable bonds is 6. The first-order chi connectivity index (χ1) is 12.9. The van der Waals surface area contributed by atoms with Gasteiger partial charge in [0.15, 0.2) is 0 Å². The Morgan fingerprint density at radius 2 is 1.70 bits per heavy atom. The van der Waals surface area contributed by atoms with Crippen molar-refractivity contribution in [3.05, 3.63) is 54.1 Å². The van der Waals surface area contributed by atoms with Crippen LogP contribution in [-0.4, -0.2) is 38.8 Å².